The molecule has 2 unspecified atom stereocenters. The van der Waals surface area contributed by atoms with Crippen LogP contribution in [0.3, 0.4) is 0 Å². The average Bonchev–Trinajstić information content (AvgIpc) is 2.47. The molecular weight excluding hydrogens is 320 g/mol. The summed E-state index contributed by atoms with van der Waals surface area (Å²) in [6.07, 6.45) is 0. The van der Waals surface area contributed by atoms with Crippen LogP contribution < -0.4 is 5.32 Å². The number of rotatable bonds is 4. The summed E-state index contributed by atoms with van der Waals surface area (Å²) in [7, 11) is 0. The number of nitrogens with zero attached hydrogens (tertiary/aromatic N) is 1. The number of carbonyl (C=O) groups excluding carboxylic acids is 1. The molecule has 2 rings (SSSR count). The molecule has 1 heterocycles. The summed E-state index contributed by atoms with van der Waals surface area (Å²) in [4.78, 5) is 14.2. The van der Waals surface area contributed by atoms with Crippen molar-refractivity contribution >= 4 is 21.8 Å². The van der Waals surface area contributed by atoms with Gasteiger partial charge in [0.15, 0.2) is 0 Å². The summed E-state index contributed by atoms with van der Waals surface area (Å²) < 4.78 is 6.34. The normalized spacial score (nSPS) is 18.6. The first-order valence-electron chi connectivity index (χ1n) is 6.96. The second-order valence-electron chi connectivity index (χ2n) is 5.07. The van der Waals surface area contributed by atoms with Crippen molar-refractivity contribution in [3.63, 3.8) is 0 Å². The fourth-order valence-electron chi connectivity index (χ4n) is 2.42. The van der Waals surface area contributed by atoms with Crippen LogP contribution in [0.4, 0.5) is 0 Å². The maximum Gasteiger partial charge on any atom is 0.239 e. The van der Waals surface area contributed by atoms with Crippen molar-refractivity contribution in [1.29, 1.82) is 0 Å². The van der Waals surface area contributed by atoms with E-state index in [4.69, 9.17) is 4.74 Å². The molecule has 0 radical (unpaired) electrons. The van der Waals surface area contributed by atoms with E-state index >= 15 is 0 Å². The van der Waals surface area contributed by atoms with Crippen LogP contribution in [-0.2, 0) is 9.53 Å². The number of ether oxygens (including phenoxy) is 1. The van der Waals surface area contributed by atoms with Crippen LogP contribution in [0.5, 0.6) is 0 Å². The summed E-state index contributed by atoms with van der Waals surface area (Å²) in [5.74, 6) is 0.146. The van der Waals surface area contributed by atoms with Crippen molar-refractivity contribution in [1.82, 2.24) is 10.2 Å². The Bertz CT molecular complexity index is 461. The predicted octanol–water partition coefficient (Wildman–Crippen LogP) is 2.35. The van der Waals surface area contributed by atoms with Gasteiger partial charge in [-0.05, 0) is 25.5 Å². The highest BCUT2D eigenvalue weighted by Gasteiger charge is 2.24. The quantitative estimate of drug-likeness (QED) is 0.914. The summed E-state index contributed by atoms with van der Waals surface area (Å²) in [5.41, 5.74) is 1.16. The third-order valence-corrected chi connectivity index (χ3v) is 4.29. The number of benzene rings is 1. The van der Waals surface area contributed by atoms with E-state index in [2.05, 4.69) is 34.2 Å². The topological polar surface area (TPSA) is 41.6 Å². The molecule has 1 aliphatic rings. The van der Waals surface area contributed by atoms with Gasteiger partial charge in [0.05, 0.1) is 19.3 Å². The lowest BCUT2D eigenvalue weighted by Gasteiger charge is -2.30. The zero-order valence-electron chi connectivity index (χ0n) is 11.9. The fourth-order valence-corrected chi connectivity index (χ4v) is 3.05. The van der Waals surface area contributed by atoms with Gasteiger partial charge in [-0.2, -0.15) is 0 Å². The summed E-state index contributed by atoms with van der Waals surface area (Å²) in [5, 5.41) is 3.37. The van der Waals surface area contributed by atoms with Crippen LogP contribution in [0.2, 0.25) is 0 Å². The third kappa shape index (κ3) is 3.81. The van der Waals surface area contributed by atoms with Crippen LogP contribution >= 0.6 is 15.9 Å². The molecule has 1 amide bonds. The van der Waals surface area contributed by atoms with E-state index in [9.17, 15) is 4.79 Å². The van der Waals surface area contributed by atoms with Crippen molar-refractivity contribution in [2.45, 2.75) is 25.9 Å². The smallest absolute Gasteiger partial charge is 0.239 e. The Hall–Kier alpha value is -0.910. The van der Waals surface area contributed by atoms with Gasteiger partial charge in [0.1, 0.15) is 0 Å². The number of morpholine rings is 1. The first kappa shape index (κ1) is 15.5. The van der Waals surface area contributed by atoms with Crippen LogP contribution in [-0.4, -0.2) is 43.2 Å². The third-order valence-electron chi connectivity index (χ3n) is 3.56. The largest absolute Gasteiger partial charge is 0.378 e. The highest BCUT2D eigenvalue weighted by atomic mass is 79.9. The first-order chi connectivity index (χ1) is 9.59. The monoisotopic (exact) mass is 340 g/mol. The molecule has 0 aromatic heterocycles. The summed E-state index contributed by atoms with van der Waals surface area (Å²) in [6.45, 7) is 6.65. The van der Waals surface area contributed by atoms with Gasteiger partial charge in [0.25, 0.3) is 0 Å². The lowest BCUT2D eigenvalue weighted by Crippen LogP contribution is -2.49. The SMILES string of the molecule is CC(NC(C)c1ccccc1Br)C(=O)N1CCOCC1. The molecule has 1 aromatic rings. The van der Waals surface area contributed by atoms with Crippen molar-refractivity contribution in [3.05, 3.63) is 34.3 Å². The van der Waals surface area contributed by atoms with Gasteiger partial charge in [-0.15, -0.1) is 0 Å². The molecule has 1 aromatic carbocycles. The standard InChI is InChI=1S/C15H21BrN2O2/c1-11(13-5-3-4-6-14(13)16)17-12(2)15(19)18-7-9-20-10-8-18/h3-6,11-12,17H,7-10H2,1-2H3. The van der Waals surface area contributed by atoms with Gasteiger partial charge < -0.3 is 9.64 Å². The van der Waals surface area contributed by atoms with Crippen molar-refractivity contribution in [2.75, 3.05) is 26.3 Å². The number of amides is 1. The predicted molar refractivity (Wildman–Crippen MR) is 82.6 cm³/mol. The second-order valence-corrected chi connectivity index (χ2v) is 5.92. The maximum atomic E-state index is 12.3. The van der Waals surface area contributed by atoms with Gasteiger partial charge in [-0.1, -0.05) is 34.1 Å². The van der Waals surface area contributed by atoms with E-state index in [1.165, 1.54) is 0 Å². The molecular formula is C15H21BrN2O2. The van der Waals surface area contributed by atoms with Crippen molar-refractivity contribution in [2.24, 2.45) is 0 Å². The molecule has 0 aliphatic carbocycles. The zero-order valence-corrected chi connectivity index (χ0v) is 13.5. The Labute approximate surface area is 128 Å². The van der Waals surface area contributed by atoms with E-state index in [-0.39, 0.29) is 18.0 Å². The Morgan fingerprint density at radius 3 is 2.60 bits per heavy atom. The maximum absolute atomic E-state index is 12.3. The molecule has 20 heavy (non-hydrogen) atoms. The number of halogens is 1. The minimum absolute atomic E-state index is 0.116. The van der Waals surface area contributed by atoms with Gasteiger partial charge in [0, 0.05) is 23.6 Å². The molecule has 0 spiro atoms. The molecule has 0 saturated carbocycles. The second kappa shape index (κ2) is 7.20. The molecule has 5 heteroatoms. The average molecular weight is 341 g/mol. The van der Waals surface area contributed by atoms with E-state index in [0.717, 1.165) is 10.0 Å². The minimum Gasteiger partial charge on any atom is -0.378 e. The highest BCUT2D eigenvalue weighted by Crippen LogP contribution is 2.23. The molecule has 1 fully saturated rings. The molecule has 110 valence electrons. The van der Waals surface area contributed by atoms with Gasteiger partial charge >= 0.3 is 0 Å². The molecule has 1 saturated heterocycles. The summed E-state index contributed by atoms with van der Waals surface area (Å²) >= 11 is 3.55. The molecule has 0 bridgehead atoms. The number of nitrogens with one attached hydrogen (secondary N) is 1. The fraction of sp³-hybridized carbons (Fsp3) is 0.533. The van der Waals surface area contributed by atoms with Crippen molar-refractivity contribution in [3.8, 4) is 0 Å². The number of carbonyl (C=O) groups is 1. The van der Waals surface area contributed by atoms with Crippen LogP contribution in [0.1, 0.15) is 25.5 Å². The lowest BCUT2D eigenvalue weighted by molar-refractivity contribution is -0.137. The van der Waals surface area contributed by atoms with Gasteiger partial charge in [0.2, 0.25) is 5.91 Å². The lowest BCUT2D eigenvalue weighted by atomic mass is 10.1. The Kier molecular flexibility index (Phi) is 5.57. The summed E-state index contributed by atoms with van der Waals surface area (Å²) in [6, 6.07) is 7.99. The minimum atomic E-state index is -0.199. The first-order valence-corrected chi connectivity index (χ1v) is 7.76. The highest BCUT2D eigenvalue weighted by molar-refractivity contribution is 9.10. The van der Waals surface area contributed by atoms with Crippen LogP contribution in [0.25, 0.3) is 0 Å². The zero-order chi connectivity index (χ0) is 14.5. The Balaban J connectivity index is 1.95. The molecule has 2 atom stereocenters. The molecule has 1 aliphatic heterocycles. The number of hydrogen-bond acceptors (Lipinski definition) is 3. The van der Waals surface area contributed by atoms with E-state index in [1.807, 2.05) is 30.0 Å². The van der Waals surface area contributed by atoms with Gasteiger partial charge in [-0.3, -0.25) is 10.1 Å². The van der Waals surface area contributed by atoms with Gasteiger partial charge in [-0.25, -0.2) is 0 Å². The van der Waals surface area contributed by atoms with Crippen LogP contribution in [0, 0.1) is 0 Å². The Morgan fingerprint density at radius 1 is 1.30 bits per heavy atom. The molecule has 4 nitrogen and oxygen atoms in total. The van der Waals surface area contributed by atoms with Crippen molar-refractivity contribution < 1.29 is 9.53 Å². The van der Waals surface area contributed by atoms with E-state index in [1.54, 1.807) is 0 Å². The number of hydrogen-bond donors (Lipinski definition) is 1. The van der Waals surface area contributed by atoms with E-state index < -0.39 is 0 Å². The van der Waals surface area contributed by atoms with E-state index in [0.29, 0.717) is 26.3 Å². The van der Waals surface area contributed by atoms with Crippen LogP contribution in [0.15, 0.2) is 28.7 Å². The molecule has 1 N–H and O–H groups in total. The Morgan fingerprint density at radius 2 is 1.95 bits per heavy atom.